The Hall–Kier alpha value is -2.18. The van der Waals surface area contributed by atoms with Gasteiger partial charge in [0.25, 0.3) is 0 Å². The lowest BCUT2D eigenvalue weighted by molar-refractivity contribution is -0.0521. The molecular formula is C12H12F3N3O. The molecule has 7 heteroatoms. The SMILES string of the molecule is Cn1nccc1CNc1ccc(OC(F)F)c(F)c1. The van der Waals surface area contributed by atoms with E-state index < -0.39 is 18.2 Å². The van der Waals surface area contributed by atoms with Crippen LogP contribution in [0.15, 0.2) is 30.5 Å². The second-order valence-electron chi connectivity index (χ2n) is 3.82. The third-order valence-corrected chi connectivity index (χ3v) is 2.54. The van der Waals surface area contributed by atoms with E-state index in [9.17, 15) is 13.2 Å². The fraction of sp³-hybridized carbons (Fsp3) is 0.250. The Labute approximate surface area is 107 Å². The van der Waals surface area contributed by atoms with Crippen molar-refractivity contribution in [3.05, 3.63) is 42.0 Å². The van der Waals surface area contributed by atoms with Crippen molar-refractivity contribution in [1.82, 2.24) is 9.78 Å². The van der Waals surface area contributed by atoms with Gasteiger partial charge in [-0.05, 0) is 18.2 Å². The van der Waals surface area contributed by atoms with Crippen molar-refractivity contribution in [3.8, 4) is 5.75 Å². The molecule has 0 saturated heterocycles. The molecule has 4 nitrogen and oxygen atoms in total. The summed E-state index contributed by atoms with van der Waals surface area (Å²) in [6, 6.07) is 5.55. The van der Waals surface area contributed by atoms with Crippen LogP contribution in [0, 0.1) is 5.82 Å². The molecular weight excluding hydrogens is 259 g/mol. The molecule has 0 aliphatic heterocycles. The Morgan fingerprint density at radius 2 is 2.16 bits per heavy atom. The maximum atomic E-state index is 13.4. The zero-order chi connectivity index (χ0) is 13.8. The molecule has 19 heavy (non-hydrogen) atoms. The molecule has 1 heterocycles. The minimum absolute atomic E-state index is 0.449. The molecule has 2 aromatic rings. The van der Waals surface area contributed by atoms with Gasteiger partial charge in [0.05, 0.1) is 12.2 Å². The van der Waals surface area contributed by atoms with Gasteiger partial charge in [-0.1, -0.05) is 0 Å². The van der Waals surface area contributed by atoms with Gasteiger partial charge in [-0.25, -0.2) is 4.39 Å². The molecule has 1 aromatic heterocycles. The first kappa shape index (κ1) is 13.3. The highest BCUT2D eigenvalue weighted by Gasteiger charge is 2.10. The number of halogens is 3. The number of anilines is 1. The highest BCUT2D eigenvalue weighted by atomic mass is 19.3. The van der Waals surface area contributed by atoms with E-state index in [-0.39, 0.29) is 0 Å². The first-order valence-corrected chi connectivity index (χ1v) is 5.51. The first-order valence-electron chi connectivity index (χ1n) is 5.51. The van der Waals surface area contributed by atoms with Crippen molar-refractivity contribution in [3.63, 3.8) is 0 Å². The van der Waals surface area contributed by atoms with E-state index in [1.54, 1.807) is 17.9 Å². The molecule has 0 fully saturated rings. The van der Waals surface area contributed by atoms with Gasteiger partial charge in [-0.15, -0.1) is 0 Å². The number of ether oxygens (including phenoxy) is 1. The molecule has 1 N–H and O–H groups in total. The van der Waals surface area contributed by atoms with Gasteiger partial charge in [0.2, 0.25) is 0 Å². The fourth-order valence-electron chi connectivity index (χ4n) is 1.57. The van der Waals surface area contributed by atoms with Crippen molar-refractivity contribution in [2.45, 2.75) is 13.2 Å². The summed E-state index contributed by atoms with van der Waals surface area (Å²) < 4.78 is 43.1. The Bertz CT molecular complexity index is 557. The number of hydrogen-bond acceptors (Lipinski definition) is 3. The number of alkyl halides is 2. The third-order valence-electron chi connectivity index (χ3n) is 2.54. The van der Waals surface area contributed by atoms with Crippen molar-refractivity contribution < 1.29 is 17.9 Å². The van der Waals surface area contributed by atoms with Gasteiger partial charge in [0.1, 0.15) is 0 Å². The summed E-state index contributed by atoms with van der Waals surface area (Å²) in [5.41, 5.74) is 1.38. The van der Waals surface area contributed by atoms with Crippen molar-refractivity contribution in [1.29, 1.82) is 0 Å². The minimum Gasteiger partial charge on any atom is -0.432 e. The molecule has 102 valence electrons. The topological polar surface area (TPSA) is 39.1 Å². The quantitative estimate of drug-likeness (QED) is 0.908. The van der Waals surface area contributed by atoms with Gasteiger partial charge < -0.3 is 10.1 Å². The number of nitrogens with one attached hydrogen (secondary N) is 1. The second-order valence-corrected chi connectivity index (χ2v) is 3.82. The van der Waals surface area contributed by atoms with Crippen LogP contribution in [0.4, 0.5) is 18.9 Å². The molecule has 2 rings (SSSR count). The average molecular weight is 271 g/mol. The van der Waals surface area contributed by atoms with E-state index in [1.807, 2.05) is 6.07 Å². The monoisotopic (exact) mass is 271 g/mol. The van der Waals surface area contributed by atoms with E-state index in [2.05, 4.69) is 15.2 Å². The largest absolute Gasteiger partial charge is 0.432 e. The normalized spacial score (nSPS) is 10.8. The van der Waals surface area contributed by atoms with Gasteiger partial charge in [-0.3, -0.25) is 4.68 Å². The minimum atomic E-state index is -3.04. The van der Waals surface area contributed by atoms with E-state index >= 15 is 0 Å². The lowest BCUT2D eigenvalue weighted by atomic mass is 10.3. The molecule has 0 spiro atoms. The Morgan fingerprint density at radius 3 is 2.74 bits per heavy atom. The predicted octanol–water partition coefficient (Wildman–Crippen LogP) is 2.77. The predicted molar refractivity (Wildman–Crippen MR) is 63.6 cm³/mol. The highest BCUT2D eigenvalue weighted by molar-refractivity contribution is 5.47. The summed E-state index contributed by atoms with van der Waals surface area (Å²) in [6.45, 7) is -2.59. The van der Waals surface area contributed by atoms with Crippen LogP contribution in [0.2, 0.25) is 0 Å². The summed E-state index contributed by atoms with van der Waals surface area (Å²) >= 11 is 0. The van der Waals surface area contributed by atoms with E-state index in [0.717, 1.165) is 17.8 Å². The highest BCUT2D eigenvalue weighted by Crippen LogP contribution is 2.23. The summed E-state index contributed by atoms with van der Waals surface area (Å²) in [4.78, 5) is 0. The number of aryl methyl sites for hydroxylation is 1. The fourth-order valence-corrected chi connectivity index (χ4v) is 1.57. The van der Waals surface area contributed by atoms with Crippen molar-refractivity contribution >= 4 is 5.69 Å². The van der Waals surface area contributed by atoms with Gasteiger partial charge >= 0.3 is 6.61 Å². The van der Waals surface area contributed by atoms with Crippen LogP contribution in [0.1, 0.15) is 5.69 Å². The van der Waals surface area contributed by atoms with Crippen LogP contribution < -0.4 is 10.1 Å². The van der Waals surface area contributed by atoms with Crippen molar-refractivity contribution in [2.24, 2.45) is 7.05 Å². The van der Waals surface area contributed by atoms with Gasteiger partial charge in [0, 0.05) is 25.0 Å². The number of aromatic nitrogens is 2. The lowest BCUT2D eigenvalue weighted by Gasteiger charge is -2.09. The smallest absolute Gasteiger partial charge is 0.387 e. The molecule has 0 aliphatic rings. The van der Waals surface area contributed by atoms with Crippen LogP contribution in [-0.2, 0) is 13.6 Å². The number of nitrogens with zero attached hydrogens (tertiary/aromatic N) is 2. The molecule has 0 unspecified atom stereocenters. The zero-order valence-corrected chi connectivity index (χ0v) is 10.1. The summed E-state index contributed by atoms with van der Waals surface area (Å²) in [7, 11) is 1.79. The summed E-state index contributed by atoms with van der Waals surface area (Å²) in [6.07, 6.45) is 1.65. The zero-order valence-electron chi connectivity index (χ0n) is 10.1. The number of benzene rings is 1. The maximum absolute atomic E-state index is 13.4. The molecule has 0 atom stereocenters. The molecule has 0 aliphatic carbocycles. The van der Waals surface area contributed by atoms with E-state index in [1.165, 1.54) is 6.07 Å². The van der Waals surface area contributed by atoms with Crippen molar-refractivity contribution in [2.75, 3.05) is 5.32 Å². The molecule has 1 aromatic carbocycles. The average Bonchev–Trinajstić information content (AvgIpc) is 2.75. The lowest BCUT2D eigenvalue weighted by Crippen LogP contribution is -2.07. The Morgan fingerprint density at radius 1 is 1.37 bits per heavy atom. The Kier molecular flexibility index (Phi) is 3.94. The molecule has 0 amide bonds. The van der Waals surface area contributed by atoms with Crippen LogP contribution in [-0.4, -0.2) is 16.4 Å². The molecule has 0 bridgehead atoms. The van der Waals surface area contributed by atoms with E-state index in [4.69, 9.17) is 0 Å². The molecule has 0 saturated carbocycles. The maximum Gasteiger partial charge on any atom is 0.387 e. The van der Waals surface area contributed by atoms with Crippen LogP contribution in [0.5, 0.6) is 5.75 Å². The summed E-state index contributed by atoms with van der Waals surface area (Å²) in [5.74, 6) is -1.31. The van der Waals surface area contributed by atoms with Gasteiger partial charge in [-0.2, -0.15) is 13.9 Å². The summed E-state index contributed by atoms with van der Waals surface area (Å²) in [5, 5.41) is 6.96. The second kappa shape index (κ2) is 5.64. The van der Waals surface area contributed by atoms with Gasteiger partial charge in [0.15, 0.2) is 11.6 Å². The number of rotatable bonds is 5. The van der Waals surface area contributed by atoms with Crippen LogP contribution in [0.25, 0.3) is 0 Å². The van der Waals surface area contributed by atoms with Crippen LogP contribution >= 0.6 is 0 Å². The standard InChI is InChI=1S/C12H12F3N3O/c1-18-9(4-5-17-18)7-16-8-2-3-11(10(13)6-8)19-12(14)15/h2-6,12,16H,7H2,1H3. The van der Waals surface area contributed by atoms with Crippen LogP contribution in [0.3, 0.4) is 0 Å². The van der Waals surface area contributed by atoms with E-state index in [0.29, 0.717) is 12.2 Å². The number of hydrogen-bond donors (Lipinski definition) is 1. The first-order chi connectivity index (χ1) is 9.06. The third kappa shape index (κ3) is 3.40. The molecule has 0 radical (unpaired) electrons. The Balaban J connectivity index is 2.02.